The highest BCUT2D eigenvalue weighted by Gasteiger charge is 2.23. The van der Waals surface area contributed by atoms with Crippen LogP contribution < -0.4 is 58.5 Å². The number of carbonyl (C=O) groups is 10. The largest absolute Gasteiger partial charge is 0.444 e. The summed E-state index contributed by atoms with van der Waals surface area (Å²) >= 11 is 0. The van der Waals surface area contributed by atoms with Gasteiger partial charge in [0, 0.05) is 162 Å². The number of H-pyrrole nitrogens is 1. The predicted molar refractivity (Wildman–Crippen MR) is 376 cm³/mol. The van der Waals surface area contributed by atoms with E-state index in [0.29, 0.717) is 38.9 Å². The molecule has 3 unspecified atom stereocenters. The second kappa shape index (κ2) is 51.9. The third-order valence-electron chi connectivity index (χ3n) is 13.6. The Morgan fingerprint density at radius 1 is 0.390 bits per heavy atom. The average molecular weight is 1430 g/mol. The molecule has 33 nitrogen and oxygen atoms in total. The number of unbranched alkanes of at least 4 members (excludes halogenated alkanes) is 1. The van der Waals surface area contributed by atoms with Crippen LogP contribution in [-0.2, 0) is 73.1 Å². The van der Waals surface area contributed by atoms with Gasteiger partial charge in [0.15, 0.2) is 0 Å². The minimum Gasteiger partial charge on any atom is -0.444 e. The molecule has 12 N–H and O–H groups in total. The number of amides is 10. The van der Waals surface area contributed by atoms with E-state index in [0.717, 1.165) is 25.1 Å². The molecule has 1 aromatic rings. The molecule has 0 spiro atoms. The summed E-state index contributed by atoms with van der Waals surface area (Å²) in [6.45, 7) is 29.2. The molecule has 0 fully saturated rings. The van der Waals surface area contributed by atoms with E-state index in [1.807, 2.05) is 16.7 Å². The summed E-state index contributed by atoms with van der Waals surface area (Å²) in [6, 6.07) is 0. The summed E-state index contributed by atoms with van der Waals surface area (Å²) < 4.78 is 45.1. The molecule has 576 valence electrons. The number of carbonyl (C=O) groups excluding carboxylic acids is 10. The fourth-order valence-corrected chi connectivity index (χ4v) is 8.65. The van der Waals surface area contributed by atoms with Crippen LogP contribution in [-0.4, -0.2) is 271 Å². The van der Waals surface area contributed by atoms with Crippen molar-refractivity contribution in [3.05, 3.63) is 18.2 Å². The van der Waals surface area contributed by atoms with Crippen LogP contribution in [0.5, 0.6) is 0 Å². The maximum absolute atomic E-state index is 13.7. The van der Waals surface area contributed by atoms with Crippen LogP contribution in [0.25, 0.3) is 0 Å². The molecule has 0 aromatic carbocycles. The second-order valence-corrected chi connectivity index (χ2v) is 27.7. The fourth-order valence-electron chi connectivity index (χ4n) is 8.65. The first-order valence-electron chi connectivity index (χ1n) is 35.2. The number of aromatic nitrogens is 2. The molecule has 0 aliphatic carbocycles. The zero-order valence-electron chi connectivity index (χ0n) is 62.4. The van der Waals surface area contributed by atoms with E-state index < -0.39 is 65.1 Å². The summed E-state index contributed by atoms with van der Waals surface area (Å²) in [6.07, 6.45) is 2.72. The number of alkyl carbamates (subject to hydrolysis) is 4. The Morgan fingerprint density at radius 3 is 1.04 bits per heavy atom. The number of nitrogens with one attached hydrogen (secondary N) is 12. The molecular formula is C67H125N15O18. The predicted octanol–water partition coefficient (Wildman–Crippen LogP) is 2.66. The molecule has 1 heterocycles. The van der Waals surface area contributed by atoms with Gasteiger partial charge in [0.2, 0.25) is 35.4 Å². The number of ether oxygens (including phenoxy) is 8. The van der Waals surface area contributed by atoms with E-state index >= 15 is 0 Å². The SMILES string of the molecule is CCCCNCCC(=O)NCC(CNC(=O)CCN(CCOCCNC(=O)OC(C)(C)C)CCC(=O)NCC(CNC(=O)CCN(CCC(=O)NCC(CNC(=O)CCC)OCCNC(=O)OC(C)(C)C)CCc1c[nH]cn1)OCCNC(=O)OC(C)(C)C)OCCNC(=O)OC(C)(C)C. The lowest BCUT2D eigenvalue weighted by molar-refractivity contribution is -0.124. The average Bonchev–Trinajstić information content (AvgIpc) is 1.37. The molecule has 1 aromatic heterocycles. The molecule has 3 atom stereocenters. The summed E-state index contributed by atoms with van der Waals surface area (Å²) in [7, 11) is 0. The van der Waals surface area contributed by atoms with Gasteiger partial charge < -0.3 is 111 Å². The zero-order chi connectivity index (χ0) is 74.8. The lowest BCUT2D eigenvalue weighted by Crippen LogP contribution is -2.44. The van der Waals surface area contributed by atoms with Crippen LogP contribution in [0.2, 0.25) is 0 Å². The van der Waals surface area contributed by atoms with Gasteiger partial charge in [-0.2, -0.15) is 0 Å². The van der Waals surface area contributed by atoms with Crippen molar-refractivity contribution in [3.63, 3.8) is 0 Å². The standard InChI is InChI=1S/C67H125N15O18/c1-15-17-25-68-26-19-55(84)75-44-52(95-39-29-72-62(91)99-66(9,10)11)46-78-58(87)23-34-82(36-41-93-37-27-70-60(89)97-64(3,4)5)35-24-59(88)79-48-53(96-40-30-73-63(92)100-67(12,13)14)47-77-57(86)22-33-81(31-20-50-42-69-49-80-50)32-21-56(85)76-45-51(43-74-54(83)18-16-2)94-38-28-71-61(90)98-65(6,7)8/h42,49,51-53,68H,15-41,43-48H2,1-14H3,(H,69,80)(H,70,89)(H,71,90)(H,72,91)(H,73,92)(H,74,83)(H,75,84)(H,76,85)(H,77,86)(H,78,87)(H,79,88). The van der Waals surface area contributed by atoms with Crippen molar-refractivity contribution < 1.29 is 85.8 Å². The van der Waals surface area contributed by atoms with Gasteiger partial charge in [-0.15, -0.1) is 0 Å². The molecule has 0 saturated heterocycles. The maximum Gasteiger partial charge on any atom is 0.407 e. The first kappa shape index (κ1) is 90.8. The number of hydrogen-bond acceptors (Lipinski definition) is 22. The van der Waals surface area contributed by atoms with Crippen LogP contribution in [0.1, 0.15) is 160 Å². The van der Waals surface area contributed by atoms with Gasteiger partial charge >= 0.3 is 24.4 Å². The lowest BCUT2D eigenvalue weighted by atomic mass is 10.2. The monoisotopic (exact) mass is 1430 g/mol. The zero-order valence-corrected chi connectivity index (χ0v) is 62.4. The van der Waals surface area contributed by atoms with E-state index in [2.05, 4.69) is 75.4 Å². The lowest BCUT2D eigenvalue weighted by Gasteiger charge is -2.24. The number of rotatable bonds is 53. The van der Waals surface area contributed by atoms with Gasteiger partial charge in [-0.1, -0.05) is 20.3 Å². The van der Waals surface area contributed by atoms with Crippen LogP contribution in [0.15, 0.2) is 12.5 Å². The highest BCUT2D eigenvalue weighted by Crippen LogP contribution is 2.10. The van der Waals surface area contributed by atoms with Crippen molar-refractivity contribution in [3.8, 4) is 0 Å². The number of imidazole rings is 1. The minimum atomic E-state index is -0.765. The van der Waals surface area contributed by atoms with E-state index in [9.17, 15) is 47.9 Å². The molecule has 1 rings (SSSR count). The Balaban J connectivity index is 3.16. The van der Waals surface area contributed by atoms with Gasteiger partial charge in [0.25, 0.3) is 0 Å². The first-order valence-corrected chi connectivity index (χ1v) is 35.2. The molecule has 100 heavy (non-hydrogen) atoms. The van der Waals surface area contributed by atoms with E-state index in [4.69, 9.17) is 37.9 Å². The summed E-state index contributed by atoms with van der Waals surface area (Å²) in [5.41, 5.74) is -2.01. The molecule has 0 radical (unpaired) electrons. The van der Waals surface area contributed by atoms with E-state index in [-0.39, 0.29) is 192 Å². The molecule has 33 heteroatoms. The van der Waals surface area contributed by atoms with Crippen LogP contribution in [0.3, 0.4) is 0 Å². The normalized spacial score (nSPS) is 12.7. The molecule has 0 saturated carbocycles. The van der Waals surface area contributed by atoms with E-state index in [1.54, 1.807) is 95.6 Å². The molecule has 0 bridgehead atoms. The third kappa shape index (κ3) is 55.6. The Labute approximate surface area is 592 Å². The van der Waals surface area contributed by atoms with Crippen molar-refractivity contribution in [2.75, 3.05) is 151 Å². The molecular weight excluding hydrogens is 1300 g/mol. The van der Waals surface area contributed by atoms with Gasteiger partial charge in [0.05, 0.1) is 63.4 Å². The van der Waals surface area contributed by atoms with Crippen molar-refractivity contribution in [2.45, 2.75) is 202 Å². The fraction of sp³-hybridized carbons (Fsp3) is 0.806. The van der Waals surface area contributed by atoms with Gasteiger partial charge in [0.1, 0.15) is 22.4 Å². The van der Waals surface area contributed by atoms with Crippen LogP contribution in [0.4, 0.5) is 19.2 Å². The Morgan fingerprint density at radius 2 is 0.720 bits per heavy atom. The number of nitrogens with zero attached hydrogens (tertiary/aromatic N) is 3. The second-order valence-electron chi connectivity index (χ2n) is 27.7. The maximum atomic E-state index is 13.7. The van der Waals surface area contributed by atoms with Crippen LogP contribution in [0, 0.1) is 0 Å². The van der Waals surface area contributed by atoms with Crippen molar-refractivity contribution in [1.29, 1.82) is 0 Å². The van der Waals surface area contributed by atoms with E-state index in [1.165, 1.54) is 0 Å². The van der Waals surface area contributed by atoms with Crippen molar-refractivity contribution in [1.82, 2.24) is 78.3 Å². The Kier molecular flexibility index (Phi) is 47.1. The molecule has 0 aliphatic heterocycles. The summed E-state index contributed by atoms with van der Waals surface area (Å²) in [5, 5.41) is 31.1. The summed E-state index contributed by atoms with van der Waals surface area (Å²) in [5.74, 6) is -1.68. The number of aromatic amines is 1. The van der Waals surface area contributed by atoms with Gasteiger partial charge in [-0.3, -0.25) is 28.8 Å². The van der Waals surface area contributed by atoms with Crippen molar-refractivity contribution in [2.24, 2.45) is 0 Å². The van der Waals surface area contributed by atoms with Crippen molar-refractivity contribution >= 4 is 59.8 Å². The van der Waals surface area contributed by atoms with Gasteiger partial charge in [-0.05, 0) is 102 Å². The highest BCUT2D eigenvalue weighted by atomic mass is 16.6. The molecule has 0 aliphatic rings. The minimum absolute atomic E-state index is 0.00276. The highest BCUT2D eigenvalue weighted by molar-refractivity contribution is 5.79. The van der Waals surface area contributed by atoms with Gasteiger partial charge in [-0.25, -0.2) is 24.2 Å². The smallest absolute Gasteiger partial charge is 0.407 e. The Bertz CT molecular complexity index is 2490. The third-order valence-corrected chi connectivity index (χ3v) is 13.6. The first-order chi connectivity index (χ1) is 47.1. The molecule has 10 amide bonds. The van der Waals surface area contributed by atoms with Crippen LogP contribution >= 0.6 is 0 Å². The topological polar surface area (TPSA) is 412 Å². The Hall–Kier alpha value is -7.17. The quantitative estimate of drug-likeness (QED) is 0.0329. The number of hydrogen-bond donors (Lipinski definition) is 12. The summed E-state index contributed by atoms with van der Waals surface area (Å²) in [4.78, 5) is 139.